The highest BCUT2D eigenvalue weighted by atomic mass is 16.4. The van der Waals surface area contributed by atoms with Gasteiger partial charge in [-0.25, -0.2) is 4.79 Å². The standard InChI is InChI=1S/C12H10N2O4/c15-11(9-3-4-10(18-9)12(16)17)14-7-8-2-1-5-13-6-8/h1-6H,7H2,(H,14,15)(H,16,17). The third-order valence-corrected chi connectivity index (χ3v) is 2.22. The quantitative estimate of drug-likeness (QED) is 0.848. The van der Waals surface area contributed by atoms with Crippen LogP contribution in [0, 0.1) is 0 Å². The van der Waals surface area contributed by atoms with Crippen LogP contribution in [0.3, 0.4) is 0 Å². The fourth-order valence-electron chi connectivity index (χ4n) is 1.35. The fraction of sp³-hybridized carbons (Fsp3) is 0.0833. The average Bonchev–Trinajstić information content (AvgIpc) is 2.87. The van der Waals surface area contributed by atoms with Crippen LogP contribution in [0.5, 0.6) is 0 Å². The molecular formula is C12H10N2O4. The Morgan fingerprint density at radius 2 is 2.06 bits per heavy atom. The van der Waals surface area contributed by atoms with Crippen LogP contribution in [-0.2, 0) is 6.54 Å². The van der Waals surface area contributed by atoms with Crippen LogP contribution in [0.4, 0.5) is 0 Å². The molecule has 0 saturated heterocycles. The summed E-state index contributed by atoms with van der Waals surface area (Å²) < 4.78 is 4.87. The van der Waals surface area contributed by atoms with Crippen LogP contribution in [0.25, 0.3) is 0 Å². The van der Waals surface area contributed by atoms with Gasteiger partial charge in [-0.2, -0.15) is 0 Å². The molecular weight excluding hydrogens is 236 g/mol. The van der Waals surface area contributed by atoms with Gasteiger partial charge in [-0.1, -0.05) is 6.07 Å². The summed E-state index contributed by atoms with van der Waals surface area (Å²) in [7, 11) is 0. The number of carbonyl (C=O) groups excluding carboxylic acids is 1. The second-order valence-electron chi connectivity index (χ2n) is 3.51. The molecule has 0 radical (unpaired) electrons. The molecule has 0 aromatic carbocycles. The number of aromatic carboxylic acids is 1. The summed E-state index contributed by atoms with van der Waals surface area (Å²) in [4.78, 5) is 26.1. The molecule has 6 nitrogen and oxygen atoms in total. The molecule has 0 saturated carbocycles. The molecule has 0 bridgehead atoms. The minimum Gasteiger partial charge on any atom is -0.475 e. The van der Waals surface area contributed by atoms with Gasteiger partial charge in [-0.3, -0.25) is 9.78 Å². The largest absolute Gasteiger partial charge is 0.475 e. The van der Waals surface area contributed by atoms with Crippen molar-refractivity contribution in [2.75, 3.05) is 0 Å². The number of hydrogen-bond donors (Lipinski definition) is 2. The Hall–Kier alpha value is -2.63. The number of hydrogen-bond acceptors (Lipinski definition) is 4. The van der Waals surface area contributed by atoms with Crippen molar-refractivity contribution in [3.05, 3.63) is 53.7 Å². The van der Waals surface area contributed by atoms with Crippen molar-refractivity contribution in [3.8, 4) is 0 Å². The number of nitrogens with zero attached hydrogens (tertiary/aromatic N) is 1. The number of amides is 1. The lowest BCUT2D eigenvalue weighted by molar-refractivity contribution is 0.0659. The Morgan fingerprint density at radius 1 is 1.28 bits per heavy atom. The van der Waals surface area contributed by atoms with Crippen molar-refractivity contribution in [3.63, 3.8) is 0 Å². The van der Waals surface area contributed by atoms with Crippen molar-refractivity contribution in [1.29, 1.82) is 0 Å². The summed E-state index contributed by atoms with van der Waals surface area (Å²) in [6.45, 7) is 0.301. The zero-order chi connectivity index (χ0) is 13.0. The molecule has 2 aromatic rings. The second-order valence-corrected chi connectivity index (χ2v) is 3.51. The fourth-order valence-corrected chi connectivity index (χ4v) is 1.35. The van der Waals surface area contributed by atoms with Gasteiger partial charge in [0.15, 0.2) is 5.76 Å². The van der Waals surface area contributed by atoms with Crippen LogP contribution >= 0.6 is 0 Å². The molecule has 92 valence electrons. The summed E-state index contributed by atoms with van der Waals surface area (Å²) in [6.07, 6.45) is 3.27. The summed E-state index contributed by atoms with van der Waals surface area (Å²) in [5, 5.41) is 11.3. The van der Waals surface area contributed by atoms with Gasteiger partial charge in [0, 0.05) is 18.9 Å². The minimum atomic E-state index is -1.21. The van der Waals surface area contributed by atoms with Gasteiger partial charge in [0.25, 0.3) is 5.91 Å². The monoisotopic (exact) mass is 246 g/mol. The van der Waals surface area contributed by atoms with Crippen LogP contribution in [0.1, 0.15) is 26.7 Å². The molecule has 0 aliphatic heterocycles. The van der Waals surface area contributed by atoms with E-state index in [0.29, 0.717) is 6.54 Å². The van der Waals surface area contributed by atoms with Gasteiger partial charge in [-0.15, -0.1) is 0 Å². The number of carbonyl (C=O) groups is 2. The molecule has 2 heterocycles. The normalized spacial score (nSPS) is 10.0. The molecule has 1 amide bonds. The predicted octanol–water partition coefficient (Wildman–Crippen LogP) is 1.30. The third-order valence-electron chi connectivity index (χ3n) is 2.22. The van der Waals surface area contributed by atoms with E-state index in [1.807, 2.05) is 6.07 Å². The summed E-state index contributed by atoms with van der Waals surface area (Å²) in [5.74, 6) is -1.97. The maximum Gasteiger partial charge on any atom is 0.371 e. The van der Waals surface area contributed by atoms with Crippen LogP contribution in [0.15, 0.2) is 41.1 Å². The third kappa shape index (κ3) is 2.73. The molecule has 0 unspecified atom stereocenters. The number of rotatable bonds is 4. The first-order valence-electron chi connectivity index (χ1n) is 5.17. The first kappa shape index (κ1) is 11.8. The molecule has 0 atom stereocenters. The van der Waals surface area contributed by atoms with Gasteiger partial charge in [-0.05, 0) is 23.8 Å². The van der Waals surface area contributed by atoms with Crippen LogP contribution < -0.4 is 5.32 Å². The van der Waals surface area contributed by atoms with Crippen LogP contribution in [0.2, 0.25) is 0 Å². The van der Waals surface area contributed by atoms with E-state index in [-0.39, 0.29) is 11.5 Å². The van der Waals surface area contributed by atoms with E-state index < -0.39 is 11.9 Å². The van der Waals surface area contributed by atoms with Gasteiger partial charge < -0.3 is 14.8 Å². The molecule has 18 heavy (non-hydrogen) atoms. The average molecular weight is 246 g/mol. The Kier molecular flexibility index (Phi) is 3.38. The van der Waals surface area contributed by atoms with Crippen molar-refractivity contribution in [1.82, 2.24) is 10.3 Å². The molecule has 0 aliphatic carbocycles. The maximum atomic E-state index is 11.6. The van der Waals surface area contributed by atoms with E-state index >= 15 is 0 Å². The lowest BCUT2D eigenvalue weighted by Crippen LogP contribution is -2.22. The molecule has 0 spiro atoms. The Bertz CT molecular complexity index is 562. The molecule has 2 rings (SSSR count). The topological polar surface area (TPSA) is 92.4 Å². The summed E-state index contributed by atoms with van der Waals surface area (Å²) in [6, 6.07) is 6.14. The van der Waals surface area contributed by atoms with Gasteiger partial charge >= 0.3 is 5.97 Å². The smallest absolute Gasteiger partial charge is 0.371 e. The molecule has 0 aliphatic rings. The zero-order valence-corrected chi connectivity index (χ0v) is 9.29. The highest BCUT2D eigenvalue weighted by Crippen LogP contribution is 2.08. The lowest BCUT2D eigenvalue weighted by atomic mass is 10.3. The number of aromatic nitrogens is 1. The van der Waals surface area contributed by atoms with E-state index in [0.717, 1.165) is 5.56 Å². The Balaban J connectivity index is 1.97. The summed E-state index contributed by atoms with van der Waals surface area (Å²) >= 11 is 0. The van der Waals surface area contributed by atoms with E-state index in [1.165, 1.54) is 12.1 Å². The number of carboxylic acid groups (broad SMARTS) is 1. The lowest BCUT2D eigenvalue weighted by Gasteiger charge is -2.02. The van der Waals surface area contributed by atoms with Gasteiger partial charge in [0.2, 0.25) is 5.76 Å². The van der Waals surface area contributed by atoms with E-state index in [4.69, 9.17) is 9.52 Å². The van der Waals surface area contributed by atoms with Gasteiger partial charge in [0.05, 0.1) is 0 Å². The van der Waals surface area contributed by atoms with Crippen molar-refractivity contribution < 1.29 is 19.1 Å². The highest BCUT2D eigenvalue weighted by molar-refractivity contribution is 5.93. The van der Waals surface area contributed by atoms with E-state index in [2.05, 4.69) is 10.3 Å². The predicted molar refractivity (Wildman–Crippen MR) is 61.1 cm³/mol. The molecule has 2 N–H and O–H groups in total. The Morgan fingerprint density at radius 3 is 2.67 bits per heavy atom. The van der Waals surface area contributed by atoms with Crippen molar-refractivity contribution >= 4 is 11.9 Å². The maximum absolute atomic E-state index is 11.6. The number of nitrogens with one attached hydrogen (secondary N) is 1. The van der Waals surface area contributed by atoms with E-state index in [1.54, 1.807) is 18.5 Å². The zero-order valence-electron chi connectivity index (χ0n) is 9.29. The molecule has 6 heteroatoms. The molecule has 2 aromatic heterocycles. The number of carboxylic acids is 1. The van der Waals surface area contributed by atoms with Crippen molar-refractivity contribution in [2.24, 2.45) is 0 Å². The minimum absolute atomic E-state index is 0.0312. The van der Waals surface area contributed by atoms with Gasteiger partial charge in [0.1, 0.15) is 0 Å². The number of furan rings is 1. The van der Waals surface area contributed by atoms with Crippen LogP contribution in [-0.4, -0.2) is 22.0 Å². The summed E-state index contributed by atoms with van der Waals surface area (Å²) in [5.41, 5.74) is 0.843. The first-order valence-corrected chi connectivity index (χ1v) is 5.17. The highest BCUT2D eigenvalue weighted by Gasteiger charge is 2.14. The molecule has 0 fully saturated rings. The van der Waals surface area contributed by atoms with E-state index in [9.17, 15) is 9.59 Å². The number of pyridine rings is 1. The SMILES string of the molecule is O=C(O)c1ccc(C(=O)NCc2cccnc2)o1. The first-order chi connectivity index (χ1) is 8.66. The Labute approximate surface area is 102 Å². The van der Waals surface area contributed by atoms with Crippen molar-refractivity contribution in [2.45, 2.75) is 6.54 Å². The second kappa shape index (κ2) is 5.13.